The topological polar surface area (TPSA) is 60.8 Å². The lowest BCUT2D eigenvalue weighted by molar-refractivity contribution is -0.142. The zero-order valence-corrected chi connectivity index (χ0v) is 12.5. The molecular formula is C16H25NO3. The van der Waals surface area contributed by atoms with Crippen molar-refractivity contribution < 1.29 is 15.0 Å². The molecule has 4 nitrogen and oxygen atoms in total. The maximum atomic E-state index is 11.0. The first kappa shape index (κ1) is 16.7. The molecule has 0 aliphatic rings. The summed E-state index contributed by atoms with van der Waals surface area (Å²) in [6.07, 6.45) is 0.800. The molecule has 0 saturated carbocycles. The SMILES string of the molecule is CCC(CO)N(Cc1ccc(C)cc1)CC(C)C(=O)O. The molecule has 0 fully saturated rings. The van der Waals surface area contributed by atoms with Gasteiger partial charge in [-0.15, -0.1) is 0 Å². The van der Waals surface area contributed by atoms with Crippen molar-refractivity contribution in [2.75, 3.05) is 13.2 Å². The van der Waals surface area contributed by atoms with Gasteiger partial charge in [0.25, 0.3) is 0 Å². The monoisotopic (exact) mass is 279 g/mol. The van der Waals surface area contributed by atoms with Gasteiger partial charge in [-0.25, -0.2) is 0 Å². The number of aliphatic hydroxyl groups is 1. The van der Waals surface area contributed by atoms with E-state index < -0.39 is 11.9 Å². The predicted octanol–water partition coefficient (Wildman–Crippen LogP) is 2.29. The number of carboxylic acid groups (broad SMARTS) is 1. The number of hydrogen-bond acceptors (Lipinski definition) is 3. The van der Waals surface area contributed by atoms with Crippen molar-refractivity contribution in [1.29, 1.82) is 0 Å². The van der Waals surface area contributed by atoms with Gasteiger partial charge in [0, 0.05) is 19.1 Å². The van der Waals surface area contributed by atoms with Crippen molar-refractivity contribution in [2.24, 2.45) is 5.92 Å². The van der Waals surface area contributed by atoms with Crippen LogP contribution in [0.2, 0.25) is 0 Å². The van der Waals surface area contributed by atoms with Gasteiger partial charge >= 0.3 is 5.97 Å². The lowest BCUT2D eigenvalue weighted by Crippen LogP contribution is -2.41. The van der Waals surface area contributed by atoms with Crippen LogP contribution in [0.4, 0.5) is 0 Å². The van der Waals surface area contributed by atoms with Gasteiger partial charge in [-0.2, -0.15) is 0 Å². The number of carboxylic acids is 1. The Bertz CT molecular complexity index is 412. The average Bonchev–Trinajstić information content (AvgIpc) is 2.42. The first-order valence-corrected chi connectivity index (χ1v) is 7.11. The fourth-order valence-corrected chi connectivity index (χ4v) is 2.20. The minimum atomic E-state index is -0.799. The molecule has 0 bridgehead atoms. The largest absolute Gasteiger partial charge is 0.481 e. The first-order valence-electron chi connectivity index (χ1n) is 7.11. The van der Waals surface area contributed by atoms with Gasteiger partial charge in [0.1, 0.15) is 0 Å². The number of aryl methyl sites for hydroxylation is 1. The number of nitrogens with zero attached hydrogens (tertiary/aromatic N) is 1. The van der Waals surface area contributed by atoms with Gasteiger partial charge < -0.3 is 10.2 Å². The molecule has 0 radical (unpaired) electrons. The minimum absolute atomic E-state index is 0.00176. The highest BCUT2D eigenvalue weighted by Gasteiger charge is 2.22. The number of hydrogen-bond donors (Lipinski definition) is 2. The number of carbonyl (C=O) groups is 1. The highest BCUT2D eigenvalue weighted by Crippen LogP contribution is 2.14. The van der Waals surface area contributed by atoms with E-state index in [2.05, 4.69) is 17.0 Å². The molecule has 1 aromatic rings. The lowest BCUT2D eigenvalue weighted by Gasteiger charge is -2.31. The summed E-state index contributed by atoms with van der Waals surface area (Å²) >= 11 is 0. The Morgan fingerprint density at radius 1 is 1.30 bits per heavy atom. The van der Waals surface area contributed by atoms with Gasteiger partial charge in [0.05, 0.1) is 12.5 Å². The number of benzene rings is 1. The molecule has 4 heteroatoms. The molecule has 0 heterocycles. The summed E-state index contributed by atoms with van der Waals surface area (Å²) in [6, 6.07) is 8.20. The smallest absolute Gasteiger partial charge is 0.307 e. The van der Waals surface area contributed by atoms with Crippen LogP contribution in [-0.4, -0.2) is 40.3 Å². The fraction of sp³-hybridized carbons (Fsp3) is 0.562. The standard InChI is InChI=1S/C16H25NO3/c1-4-15(11-18)17(9-13(3)16(19)20)10-14-7-5-12(2)6-8-14/h5-8,13,15,18H,4,9-11H2,1-3H3,(H,19,20). The second-order valence-electron chi connectivity index (χ2n) is 5.40. The summed E-state index contributed by atoms with van der Waals surface area (Å²) in [5.41, 5.74) is 2.34. The maximum Gasteiger partial charge on any atom is 0.307 e. The molecule has 0 saturated heterocycles. The molecule has 2 atom stereocenters. The fourth-order valence-electron chi connectivity index (χ4n) is 2.20. The van der Waals surface area contributed by atoms with Crippen LogP contribution in [0, 0.1) is 12.8 Å². The Labute approximate surface area is 121 Å². The summed E-state index contributed by atoms with van der Waals surface area (Å²) < 4.78 is 0. The van der Waals surface area contributed by atoms with Crippen molar-refractivity contribution in [1.82, 2.24) is 4.90 Å². The molecule has 0 spiro atoms. The Kier molecular flexibility index (Phi) is 6.68. The van der Waals surface area contributed by atoms with E-state index in [9.17, 15) is 9.90 Å². The molecule has 1 rings (SSSR count). The molecule has 112 valence electrons. The zero-order valence-electron chi connectivity index (χ0n) is 12.5. The molecule has 0 aliphatic carbocycles. The number of aliphatic carboxylic acids is 1. The molecule has 2 N–H and O–H groups in total. The summed E-state index contributed by atoms with van der Waals surface area (Å²) in [4.78, 5) is 13.1. The highest BCUT2D eigenvalue weighted by atomic mass is 16.4. The van der Waals surface area contributed by atoms with Crippen molar-refractivity contribution in [2.45, 2.75) is 39.8 Å². The Morgan fingerprint density at radius 2 is 1.90 bits per heavy atom. The normalized spacial score (nSPS) is 14.2. The van der Waals surface area contributed by atoms with Crippen LogP contribution < -0.4 is 0 Å². The van der Waals surface area contributed by atoms with E-state index >= 15 is 0 Å². The Hall–Kier alpha value is -1.39. The van der Waals surface area contributed by atoms with Crippen LogP contribution in [-0.2, 0) is 11.3 Å². The van der Waals surface area contributed by atoms with Crippen molar-refractivity contribution in [3.8, 4) is 0 Å². The molecule has 0 aliphatic heterocycles. The summed E-state index contributed by atoms with van der Waals surface area (Å²) in [7, 11) is 0. The second kappa shape index (κ2) is 8.02. The average molecular weight is 279 g/mol. The molecule has 1 aromatic carbocycles. The van der Waals surface area contributed by atoms with Gasteiger partial charge in [0.2, 0.25) is 0 Å². The van der Waals surface area contributed by atoms with Crippen LogP contribution in [0.5, 0.6) is 0 Å². The molecule has 20 heavy (non-hydrogen) atoms. The van der Waals surface area contributed by atoms with Gasteiger partial charge in [0.15, 0.2) is 0 Å². The van der Waals surface area contributed by atoms with E-state index in [1.807, 2.05) is 26.0 Å². The van der Waals surface area contributed by atoms with E-state index in [1.54, 1.807) is 6.92 Å². The highest BCUT2D eigenvalue weighted by molar-refractivity contribution is 5.69. The third-order valence-corrected chi connectivity index (χ3v) is 3.63. The van der Waals surface area contributed by atoms with Gasteiger partial charge in [-0.05, 0) is 18.9 Å². The van der Waals surface area contributed by atoms with E-state index in [0.717, 1.165) is 12.0 Å². The van der Waals surface area contributed by atoms with E-state index in [4.69, 9.17) is 5.11 Å². The van der Waals surface area contributed by atoms with E-state index in [1.165, 1.54) is 5.56 Å². The third kappa shape index (κ3) is 4.94. The van der Waals surface area contributed by atoms with Crippen molar-refractivity contribution >= 4 is 5.97 Å². The van der Waals surface area contributed by atoms with E-state index in [0.29, 0.717) is 13.1 Å². The molecule has 0 amide bonds. The summed E-state index contributed by atoms with van der Waals surface area (Å²) in [5.74, 6) is -1.24. The van der Waals surface area contributed by atoms with Crippen molar-refractivity contribution in [3.05, 3.63) is 35.4 Å². The zero-order chi connectivity index (χ0) is 15.1. The van der Waals surface area contributed by atoms with Crippen molar-refractivity contribution in [3.63, 3.8) is 0 Å². The summed E-state index contributed by atoms with van der Waals surface area (Å²) in [5, 5.41) is 18.6. The first-order chi connectivity index (χ1) is 9.47. The third-order valence-electron chi connectivity index (χ3n) is 3.63. The summed E-state index contributed by atoms with van der Waals surface area (Å²) in [6.45, 7) is 6.91. The maximum absolute atomic E-state index is 11.0. The number of rotatable bonds is 8. The lowest BCUT2D eigenvalue weighted by atomic mass is 10.1. The Morgan fingerprint density at radius 3 is 2.35 bits per heavy atom. The predicted molar refractivity (Wildman–Crippen MR) is 79.6 cm³/mol. The number of aliphatic hydroxyl groups excluding tert-OH is 1. The van der Waals surface area contributed by atoms with Crippen LogP contribution >= 0.6 is 0 Å². The second-order valence-corrected chi connectivity index (χ2v) is 5.40. The van der Waals surface area contributed by atoms with Crippen LogP contribution in [0.15, 0.2) is 24.3 Å². The van der Waals surface area contributed by atoms with Gasteiger partial charge in [-0.3, -0.25) is 9.69 Å². The van der Waals surface area contributed by atoms with Crippen LogP contribution in [0.3, 0.4) is 0 Å². The van der Waals surface area contributed by atoms with Crippen LogP contribution in [0.25, 0.3) is 0 Å². The van der Waals surface area contributed by atoms with Gasteiger partial charge in [-0.1, -0.05) is 43.7 Å². The quantitative estimate of drug-likeness (QED) is 0.766. The molecule has 2 unspecified atom stereocenters. The Balaban J connectivity index is 2.81. The molecule has 0 aromatic heterocycles. The molecular weight excluding hydrogens is 254 g/mol. The minimum Gasteiger partial charge on any atom is -0.481 e. The van der Waals surface area contributed by atoms with E-state index in [-0.39, 0.29) is 12.6 Å². The van der Waals surface area contributed by atoms with Crippen LogP contribution in [0.1, 0.15) is 31.4 Å².